The number of fused-ring (bicyclic) bond motifs is 1. The first kappa shape index (κ1) is 15.7. The standard InChI is InChI=1S/C19H18O6/c20-15(12-4-5-17-18(9-12)24-8-2-7-23-17)11-25-19(21)14-10-13(14)16-3-1-6-22-16/h1,3-6,9,13-14H,2,7-8,10-11H2. The van der Waals surface area contributed by atoms with Crippen molar-refractivity contribution in [3.05, 3.63) is 47.9 Å². The van der Waals surface area contributed by atoms with Crippen LogP contribution < -0.4 is 9.47 Å². The molecular formula is C19H18O6. The maximum atomic E-state index is 12.3. The zero-order valence-corrected chi connectivity index (χ0v) is 13.6. The molecule has 4 rings (SSSR count). The summed E-state index contributed by atoms with van der Waals surface area (Å²) in [5.41, 5.74) is 0.440. The molecule has 0 saturated heterocycles. The van der Waals surface area contributed by atoms with Gasteiger partial charge in [0.05, 0.1) is 25.4 Å². The summed E-state index contributed by atoms with van der Waals surface area (Å²) in [7, 11) is 0. The van der Waals surface area contributed by atoms with Crippen LogP contribution in [0, 0.1) is 5.92 Å². The molecule has 2 aromatic rings. The van der Waals surface area contributed by atoms with Crippen LogP contribution in [0.4, 0.5) is 0 Å². The van der Waals surface area contributed by atoms with E-state index in [2.05, 4.69) is 0 Å². The average Bonchev–Trinajstić information content (AvgIpc) is 3.32. The highest BCUT2D eigenvalue weighted by atomic mass is 16.5. The molecule has 1 aliphatic heterocycles. The molecule has 2 aliphatic rings. The van der Waals surface area contributed by atoms with Crippen molar-refractivity contribution in [2.24, 2.45) is 5.92 Å². The fourth-order valence-corrected chi connectivity index (χ4v) is 2.94. The maximum Gasteiger partial charge on any atom is 0.310 e. The van der Waals surface area contributed by atoms with E-state index in [0.29, 0.717) is 36.7 Å². The molecule has 1 aromatic heterocycles. The number of Topliss-reactive ketones (excluding diaryl/α,β-unsaturated/α-hetero) is 1. The lowest BCUT2D eigenvalue weighted by atomic mass is 10.1. The second kappa shape index (κ2) is 6.63. The van der Waals surface area contributed by atoms with E-state index in [-0.39, 0.29) is 30.2 Å². The van der Waals surface area contributed by atoms with Gasteiger partial charge in [-0.3, -0.25) is 9.59 Å². The molecule has 2 heterocycles. The molecule has 2 atom stereocenters. The topological polar surface area (TPSA) is 75.0 Å². The summed E-state index contributed by atoms with van der Waals surface area (Å²) in [6, 6.07) is 8.65. The van der Waals surface area contributed by atoms with Gasteiger partial charge in [-0.15, -0.1) is 0 Å². The van der Waals surface area contributed by atoms with Crippen LogP contribution in [0.2, 0.25) is 0 Å². The lowest BCUT2D eigenvalue weighted by Gasteiger charge is -2.09. The summed E-state index contributed by atoms with van der Waals surface area (Å²) >= 11 is 0. The Kier molecular flexibility index (Phi) is 4.17. The van der Waals surface area contributed by atoms with Crippen LogP contribution in [-0.4, -0.2) is 31.6 Å². The molecule has 0 N–H and O–H groups in total. The second-order valence-electron chi connectivity index (χ2n) is 6.21. The number of ether oxygens (including phenoxy) is 3. The Bertz CT molecular complexity index is 779. The van der Waals surface area contributed by atoms with Crippen molar-refractivity contribution < 1.29 is 28.2 Å². The van der Waals surface area contributed by atoms with Gasteiger partial charge < -0.3 is 18.6 Å². The zero-order valence-electron chi connectivity index (χ0n) is 13.6. The minimum atomic E-state index is -0.357. The molecule has 25 heavy (non-hydrogen) atoms. The largest absolute Gasteiger partial charge is 0.490 e. The summed E-state index contributed by atoms with van der Waals surface area (Å²) in [6.45, 7) is 0.867. The van der Waals surface area contributed by atoms with Gasteiger partial charge in [-0.1, -0.05) is 0 Å². The summed E-state index contributed by atoms with van der Waals surface area (Å²) in [5, 5.41) is 0. The van der Waals surface area contributed by atoms with Gasteiger partial charge in [-0.25, -0.2) is 0 Å². The molecule has 0 bridgehead atoms. The van der Waals surface area contributed by atoms with Gasteiger partial charge in [0.15, 0.2) is 23.9 Å². The third-order valence-electron chi connectivity index (χ3n) is 4.42. The highest BCUT2D eigenvalue weighted by molar-refractivity contribution is 5.98. The Morgan fingerprint density at radius 2 is 1.96 bits per heavy atom. The van der Waals surface area contributed by atoms with Crippen LogP contribution >= 0.6 is 0 Å². The Morgan fingerprint density at radius 3 is 2.76 bits per heavy atom. The van der Waals surface area contributed by atoms with Crippen molar-refractivity contribution in [1.29, 1.82) is 0 Å². The van der Waals surface area contributed by atoms with Crippen molar-refractivity contribution in [3.63, 3.8) is 0 Å². The summed E-state index contributed by atoms with van der Waals surface area (Å²) in [5.74, 6) is 1.19. The lowest BCUT2D eigenvalue weighted by Crippen LogP contribution is -2.16. The number of hydrogen-bond donors (Lipinski definition) is 0. The molecule has 0 radical (unpaired) electrons. The quantitative estimate of drug-likeness (QED) is 0.614. The monoisotopic (exact) mass is 342 g/mol. The van der Waals surface area contributed by atoms with Gasteiger partial charge in [0, 0.05) is 17.9 Å². The summed E-state index contributed by atoms with van der Waals surface area (Å²) in [6.07, 6.45) is 3.09. The van der Waals surface area contributed by atoms with E-state index < -0.39 is 0 Å². The van der Waals surface area contributed by atoms with Crippen molar-refractivity contribution in [2.45, 2.75) is 18.8 Å². The SMILES string of the molecule is O=C(COC(=O)C1CC1c1ccco1)c1ccc2c(c1)OCCCO2. The Balaban J connectivity index is 1.33. The molecule has 0 spiro atoms. The number of carbonyl (C=O) groups excluding carboxylic acids is 2. The highest BCUT2D eigenvalue weighted by Crippen LogP contribution is 2.48. The van der Waals surface area contributed by atoms with Gasteiger partial charge in [0.25, 0.3) is 0 Å². The van der Waals surface area contributed by atoms with Crippen molar-refractivity contribution in [1.82, 2.24) is 0 Å². The molecule has 0 amide bonds. The van der Waals surface area contributed by atoms with E-state index in [1.165, 1.54) is 0 Å². The third kappa shape index (κ3) is 3.38. The van der Waals surface area contributed by atoms with E-state index in [4.69, 9.17) is 18.6 Å². The van der Waals surface area contributed by atoms with Crippen molar-refractivity contribution in [2.75, 3.05) is 19.8 Å². The minimum absolute atomic E-state index is 0.0654. The third-order valence-corrected chi connectivity index (χ3v) is 4.42. The first-order valence-electron chi connectivity index (χ1n) is 8.35. The van der Waals surface area contributed by atoms with Crippen LogP contribution in [0.3, 0.4) is 0 Å². The normalized spacial score (nSPS) is 21.3. The molecule has 1 aromatic carbocycles. The van der Waals surface area contributed by atoms with E-state index in [0.717, 1.165) is 12.2 Å². The summed E-state index contributed by atoms with van der Waals surface area (Å²) in [4.78, 5) is 24.3. The highest BCUT2D eigenvalue weighted by Gasteiger charge is 2.47. The fourth-order valence-electron chi connectivity index (χ4n) is 2.94. The molecule has 6 heteroatoms. The van der Waals surface area contributed by atoms with Gasteiger partial charge in [0.1, 0.15) is 5.76 Å². The lowest BCUT2D eigenvalue weighted by molar-refractivity contribution is -0.144. The number of rotatable bonds is 5. The molecular weight excluding hydrogens is 324 g/mol. The van der Waals surface area contributed by atoms with Gasteiger partial charge in [-0.2, -0.15) is 0 Å². The summed E-state index contributed by atoms with van der Waals surface area (Å²) < 4.78 is 21.6. The Morgan fingerprint density at radius 1 is 1.12 bits per heavy atom. The van der Waals surface area contributed by atoms with E-state index >= 15 is 0 Å². The molecule has 6 nitrogen and oxygen atoms in total. The van der Waals surface area contributed by atoms with Gasteiger partial charge in [0.2, 0.25) is 0 Å². The van der Waals surface area contributed by atoms with Crippen molar-refractivity contribution in [3.8, 4) is 11.5 Å². The molecule has 130 valence electrons. The smallest absolute Gasteiger partial charge is 0.310 e. The van der Waals surface area contributed by atoms with Crippen molar-refractivity contribution >= 4 is 11.8 Å². The number of furan rings is 1. The second-order valence-corrected chi connectivity index (χ2v) is 6.21. The van der Waals surface area contributed by atoms with Crippen LogP contribution in [0.1, 0.15) is 34.9 Å². The number of hydrogen-bond acceptors (Lipinski definition) is 6. The number of carbonyl (C=O) groups is 2. The van der Waals surface area contributed by atoms with Crippen LogP contribution in [0.25, 0.3) is 0 Å². The molecule has 1 fully saturated rings. The first-order valence-corrected chi connectivity index (χ1v) is 8.35. The zero-order chi connectivity index (χ0) is 17.2. The average molecular weight is 342 g/mol. The van der Waals surface area contributed by atoms with Gasteiger partial charge >= 0.3 is 5.97 Å². The van der Waals surface area contributed by atoms with Crippen LogP contribution in [-0.2, 0) is 9.53 Å². The first-order chi connectivity index (χ1) is 12.2. The maximum absolute atomic E-state index is 12.3. The fraction of sp³-hybridized carbons (Fsp3) is 0.368. The van der Waals surface area contributed by atoms with E-state index in [9.17, 15) is 9.59 Å². The predicted molar refractivity (Wildman–Crippen MR) is 86.9 cm³/mol. The number of esters is 1. The molecule has 1 aliphatic carbocycles. The molecule has 1 saturated carbocycles. The minimum Gasteiger partial charge on any atom is -0.490 e. The van der Waals surface area contributed by atoms with Gasteiger partial charge in [-0.05, 0) is 36.8 Å². The predicted octanol–water partition coefficient (Wildman–Crippen LogP) is 2.97. The van der Waals surface area contributed by atoms with E-state index in [1.807, 2.05) is 6.07 Å². The molecule has 2 unspecified atom stereocenters. The Labute approximate surface area is 144 Å². The van der Waals surface area contributed by atoms with Crippen LogP contribution in [0.15, 0.2) is 41.0 Å². The van der Waals surface area contributed by atoms with E-state index in [1.54, 1.807) is 30.5 Å². The number of benzene rings is 1. The Hall–Kier alpha value is -2.76. The van der Waals surface area contributed by atoms with Crippen LogP contribution in [0.5, 0.6) is 11.5 Å². The number of ketones is 1.